The number of nitrogens with zero attached hydrogens (tertiary/aromatic N) is 3. The summed E-state index contributed by atoms with van der Waals surface area (Å²) in [5, 5.41) is 8.54. The molecule has 1 heterocycles. The lowest BCUT2D eigenvalue weighted by Gasteiger charge is -2.21. The van der Waals surface area contributed by atoms with Crippen LogP contribution in [0, 0.1) is 5.82 Å². The van der Waals surface area contributed by atoms with Crippen molar-refractivity contribution in [2.45, 2.75) is 6.54 Å². The Hall–Kier alpha value is -3.51. The van der Waals surface area contributed by atoms with E-state index in [0.29, 0.717) is 11.7 Å². The number of thiocarbonyl (C=S) groups is 1. The third-order valence-corrected chi connectivity index (χ3v) is 5.12. The number of aromatic nitrogens is 2. The molecule has 0 fully saturated rings. The van der Waals surface area contributed by atoms with Crippen LogP contribution in [0.2, 0.25) is 0 Å². The van der Waals surface area contributed by atoms with Gasteiger partial charge in [0.15, 0.2) is 5.11 Å². The molecule has 4 rings (SSSR count). The lowest BCUT2D eigenvalue weighted by atomic mass is 10.1. The van der Waals surface area contributed by atoms with Gasteiger partial charge >= 0.3 is 0 Å². The summed E-state index contributed by atoms with van der Waals surface area (Å²) in [4.78, 5) is 1.94. The normalized spacial score (nSPS) is 10.6. The van der Waals surface area contributed by atoms with E-state index in [1.807, 2.05) is 71.4 Å². The molecule has 3 aromatic carbocycles. The van der Waals surface area contributed by atoms with E-state index in [2.05, 4.69) is 17.4 Å². The number of rotatable bonds is 5. The Bertz CT molecular complexity index is 1130. The van der Waals surface area contributed by atoms with Crippen LogP contribution in [0.1, 0.15) is 5.56 Å². The van der Waals surface area contributed by atoms with Crippen LogP contribution in [0.4, 0.5) is 10.1 Å². The van der Waals surface area contributed by atoms with Gasteiger partial charge in [-0.1, -0.05) is 48.5 Å². The zero-order chi connectivity index (χ0) is 20.9. The molecular weight excluding hydrogens is 395 g/mol. The molecule has 0 amide bonds. The third kappa shape index (κ3) is 4.55. The molecule has 0 saturated carbocycles. The van der Waals surface area contributed by atoms with Gasteiger partial charge in [-0.05, 0) is 48.6 Å². The molecule has 0 unspecified atom stereocenters. The van der Waals surface area contributed by atoms with Gasteiger partial charge in [0, 0.05) is 36.6 Å². The van der Waals surface area contributed by atoms with Crippen LogP contribution in [-0.2, 0) is 6.54 Å². The summed E-state index contributed by atoms with van der Waals surface area (Å²) in [6.07, 6.45) is 2.04. The molecule has 0 spiro atoms. The van der Waals surface area contributed by atoms with E-state index in [1.54, 1.807) is 12.1 Å². The quantitative estimate of drug-likeness (QED) is 0.435. The molecule has 0 saturated heterocycles. The van der Waals surface area contributed by atoms with Crippen molar-refractivity contribution in [3.63, 3.8) is 0 Å². The smallest absolute Gasteiger partial charge is 0.173 e. The first kappa shape index (κ1) is 19.8. The van der Waals surface area contributed by atoms with E-state index < -0.39 is 0 Å². The van der Waals surface area contributed by atoms with Crippen molar-refractivity contribution in [3.8, 4) is 16.9 Å². The van der Waals surface area contributed by atoms with E-state index in [1.165, 1.54) is 12.1 Å². The monoisotopic (exact) mass is 416 g/mol. The molecule has 4 aromatic rings. The van der Waals surface area contributed by atoms with E-state index in [-0.39, 0.29) is 5.82 Å². The first-order chi connectivity index (χ1) is 14.6. The molecule has 6 heteroatoms. The number of anilines is 1. The van der Waals surface area contributed by atoms with Crippen molar-refractivity contribution in [1.29, 1.82) is 0 Å². The number of halogens is 1. The predicted molar refractivity (Wildman–Crippen MR) is 123 cm³/mol. The molecular formula is C24H21FN4S. The van der Waals surface area contributed by atoms with E-state index in [4.69, 9.17) is 17.3 Å². The second kappa shape index (κ2) is 8.88. The fourth-order valence-corrected chi connectivity index (χ4v) is 3.34. The molecule has 150 valence electrons. The second-order valence-corrected chi connectivity index (χ2v) is 7.33. The summed E-state index contributed by atoms with van der Waals surface area (Å²) >= 11 is 5.54. The van der Waals surface area contributed by atoms with Crippen molar-refractivity contribution in [2.24, 2.45) is 0 Å². The van der Waals surface area contributed by atoms with Gasteiger partial charge in [0.2, 0.25) is 0 Å². The molecule has 0 aliphatic heterocycles. The summed E-state index contributed by atoms with van der Waals surface area (Å²) in [5.74, 6) is -0.277. The number of benzene rings is 3. The minimum absolute atomic E-state index is 0.277. The molecule has 0 aliphatic carbocycles. The number of hydrogen-bond donors (Lipinski definition) is 1. The van der Waals surface area contributed by atoms with Crippen LogP contribution >= 0.6 is 12.2 Å². The van der Waals surface area contributed by atoms with Crippen molar-refractivity contribution >= 4 is 23.0 Å². The Morgan fingerprint density at radius 3 is 2.27 bits per heavy atom. The Morgan fingerprint density at radius 1 is 0.967 bits per heavy atom. The Kier molecular flexibility index (Phi) is 5.86. The van der Waals surface area contributed by atoms with Crippen molar-refractivity contribution in [2.75, 3.05) is 12.4 Å². The van der Waals surface area contributed by atoms with Crippen LogP contribution in [0.15, 0.2) is 91.1 Å². The SMILES string of the molecule is CN(Cc1cn(-c2ccccc2)nc1-c1ccccc1)C(=S)Nc1ccc(F)cc1. The fraction of sp³-hybridized carbons (Fsp3) is 0.0833. The van der Waals surface area contributed by atoms with E-state index >= 15 is 0 Å². The third-order valence-electron chi connectivity index (χ3n) is 4.71. The minimum Gasteiger partial charge on any atom is -0.348 e. The summed E-state index contributed by atoms with van der Waals surface area (Å²) in [5.41, 5.74) is 4.76. The molecule has 4 nitrogen and oxygen atoms in total. The summed E-state index contributed by atoms with van der Waals surface area (Å²) in [6, 6.07) is 26.3. The Morgan fingerprint density at radius 2 is 1.60 bits per heavy atom. The topological polar surface area (TPSA) is 33.1 Å². The first-order valence-corrected chi connectivity index (χ1v) is 9.98. The van der Waals surface area contributed by atoms with Gasteiger partial charge < -0.3 is 10.2 Å². The van der Waals surface area contributed by atoms with Crippen LogP contribution in [-0.4, -0.2) is 26.8 Å². The molecule has 1 N–H and O–H groups in total. The minimum atomic E-state index is -0.277. The molecule has 30 heavy (non-hydrogen) atoms. The van der Waals surface area contributed by atoms with Crippen molar-refractivity contribution in [3.05, 3.63) is 103 Å². The summed E-state index contributed by atoms with van der Waals surface area (Å²) in [6.45, 7) is 0.574. The van der Waals surface area contributed by atoms with Crippen LogP contribution in [0.3, 0.4) is 0 Å². The Balaban J connectivity index is 1.59. The van der Waals surface area contributed by atoms with Crippen molar-refractivity contribution < 1.29 is 4.39 Å². The maximum atomic E-state index is 13.1. The molecule has 0 aliphatic rings. The van der Waals surface area contributed by atoms with Gasteiger partial charge in [-0.2, -0.15) is 5.10 Å². The fourth-order valence-electron chi connectivity index (χ4n) is 3.16. The maximum Gasteiger partial charge on any atom is 0.173 e. The lowest BCUT2D eigenvalue weighted by Crippen LogP contribution is -2.30. The molecule has 0 atom stereocenters. The van der Waals surface area contributed by atoms with Crippen LogP contribution in [0.5, 0.6) is 0 Å². The van der Waals surface area contributed by atoms with Gasteiger partial charge in [0.05, 0.1) is 11.4 Å². The Labute approximate surface area is 180 Å². The average molecular weight is 417 g/mol. The zero-order valence-electron chi connectivity index (χ0n) is 16.5. The number of nitrogens with one attached hydrogen (secondary N) is 1. The molecule has 0 radical (unpaired) electrons. The highest BCUT2D eigenvalue weighted by Crippen LogP contribution is 2.25. The van der Waals surface area contributed by atoms with Crippen LogP contribution in [0.25, 0.3) is 16.9 Å². The second-order valence-electron chi connectivity index (χ2n) is 6.94. The molecule has 0 bridgehead atoms. The first-order valence-electron chi connectivity index (χ1n) is 9.57. The maximum absolute atomic E-state index is 13.1. The predicted octanol–water partition coefficient (Wildman–Crippen LogP) is 5.51. The highest BCUT2D eigenvalue weighted by molar-refractivity contribution is 7.80. The standard InChI is InChI=1S/C24H21FN4S/c1-28(24(30)26-21-14-12-20(25)13-15-21)16-19-17-29(22-10-6-3-7-11-22)27-23(19)18-8-4-2-5-9-18/h2-15,17H,16H2,1H3,(H,26,30). The number of hydrogen-bond acceptors (Lipinski definition) is 2. The average Bonchev–Trinajstić information content (AvgIpc) is 3.20. The molecule has 1 aromatic heterocycles. The lowest BCUT2D eigenvalue weighted by molar-refractivity contribution is 0.509. The van der Waals surface area contributed by atoms with E-state index in [0.717, 1.165) is 28.2 Å². The van der Waals surface area contributed by atoms with Crippen LogP contribution < -0.4 is 5.32 Å². The van der Waals surface area contributed by atoms with E-state index in [9.17, 15) is 4.39 Å². The highest BCUT2D eigenvalue weighted by atomic mass is 32.1. The summed E-state index contributed by atoms with van der Waals surface area (Å²) in [7, 11) is 1.92. The van der Waals surface area contributed by atoms with Gasteiger partial charge in [-0.25, -0.2) is 9.07 Å². The largest absolute Gasteiger partial charge is 0.348 e. The van der Waals surface area contributed by atoms with Gasteiger partial charge in [-0.3, -0.25) is 0 Å². The van der Waals surface area contributed by atoms with Gasteiger partial charge in [-0.15, -0.1) is 0 Å². The zero-order valence-corrected chi connectivity index (χ0v) is 17.3. The van der Waals surface area contributed by atoms with Gasteiger partial charge in [0.25, 0.3) is 0 Å². The van der Waals surface area contributed by atoms with Gasteiger partial charge in [0.1, 0.15) is 5.82 Å². The number of para-hydroxylation sites is 1. The van der Waals surface area contributed by atoms with Crippen molar-refractivity contribution in [1.82, 2.24) is 14.7 Å². The summed E-state index contributed by atoms with van der Waals surface area (Å²) < 4.78 is 15.0. The highest BCUT2D eigenvalue weighted by Gasteiger charge is 2.15.